The van der Waals surface area contributed by atoms with Crippen LogP contribution < -0.4 is 0 Å². The van der Waals surface area contributed by atoms with Crippen LogP contribution in [0.5, 0.6) is 0 Å². The van der Waals surface area contributed by atoms with Crippen LogP contribution in [0.1, 0.15) is 26.5 Å². The molecular weight excluding hydrogens is 252 g/mol. The Bertz CT molecular complexity index is 692. The maximum atomic E-state index is 12.1. The number of hydrogen-bond acceptors (Lipinski definition) is 2. The van der Waals surface area contributed by atoms with E-state index in [0.29, 0.717) is 6.54 Å². The van der Waals surface area contributed by atoms with Crippen LogP contribution in [0, 0.1) is 0 Å². The molecule has 1 aliphatic heterocycles. The zero-order valence-electron chi connectivity index (χ0n) is 12.0. The van der Waals surface area contributed by atoms with Crippen molar-refractivity contribution < 1.29 is 9.53 Å². The van der Waals surface area contributed by atoms with Crippen LogP contribution in [0.3, 0.4) is 0 Å². The summed E-state index contributed by atoms with van der Waals surface area (Å²) >= 11 is 0. The Kier molecular flexibility index (Phi) is 2.82. The van der Waals surface area contributed by atoms with Crippen molar-refractivity contribution in [3.8, 4) is 0 Å². The van der Waals surface area contributed by atoms with Crippen LogP contribution in [0.4, 0.5) is 4.79 Å². The van der Waals surface area contributed by atoms with Crippen LogP contribution >= 0.6 is 0 Å². The summed E-state index contributed by atoms with van der Waals surface area (Å²) in [6.45, 7) is 6.14. The standard InChI is InChI=1S/C16H18N2O2/c1-16(2,3)20-15(19)17-8-9-18-13(11-17)10-12-6-4-5-7-14(12)18/h4-10H,11H2,1-3H3. The van der Waals surface area contributed by atoms with Gasteiger partial charge in [-0.25, -0.2) is 4.79 Å². The Morgan fingerprint density at radius 1 is 1.20 bits per heavy atom. The molecule has 1 aromatic carbocycles. The lowest BCUT2D eigenvalue weighted by atomic mass is 10.2. The van der Waals surface area contributed by atoms with Crippen molar-refractivity contribution >= 4 is 23.2 Å². The van der Waals surface area contributed by atoms with E-state index in [-0.39, 0.29) is 6.09 Å². The minimum Gasteiger partial charge on any atom is -0.443 e. The second kappa shape index (κ2) is 4.40. The van der Waals surface area contributed by atoms with E-state index in [0.717, 1.165) is 11.2 Å². The summed E-state index contributed by atoms with van der Waals surface area (Å²) in [4.78, 5) is 13.7. The summed E-state index contributed by atoms with van der Waals surface area (Å²) < 4.78 is 7.50. The minimum absolute atomic E-state index is 0.315. The van der Waals surface area contributed by atoms with E-state index in [1.54, 1.807) is 11.1 Å². The Labute approximate surface area is 118 Å². The van der Waals surface area contributed by atoms with Gasteiger partial charge in [0.1, 0.15) is 5.60 Å². The van der Waals surface area contributed by atoms with Gasteiger partial charge in [0.15, 0.2) is 0 Å². The fourth-order valence-electron chi connectivity index (χ4n) is 2.35. The van der Waals surface area contributed by atoms with Crippen molar-refractivity contribution in [3.63, 3.8) is 0 Å². The third-order valence-electron chi connectivity index (χ3n) is 3.18. The number of para-hydroxylation sites is 1. The van der Waals surface area contributed by atoms with E-state index in [4.69, 9.17) is 4.74 Å². The van der Waals surface area contributed by atoms with Crippen molar-refractivity contribution in [1.29, 1.82) is 0 Å². The van der Waals surface area contributed by atoms with Gasteiger partial charge in [0.2, 0.25) is 0 Å². The van der Waals surface area contributed by atoms with Gasteiger partial charge in [0, 0.05) is 23.5 Å². The smallest absolute Gasteiger partial charge is 0.414 e. The van der Waals surface area contributed by atoms with Crippen LogP contribution in [0.15, 0.2) is 36.5 Å². The second-order valence-electron chi connectivity index (χ2n) is 5.97. The predicted octanol–water partition coefficient (Wildman–Crippen LogP) is 3.82. The molecule has 0 unspecified atom stereocenters. The van der Waals surface area contributed by atoms with E-state index >= 15 is 0 Å². The number of fused-ring (bicyclic) bond motifs is 3. The van der Waals surface area contributed by atoms with Gasteiger partial charge in [-0.3, -0.25) is 4.90 Å². The number of rotatable bonds is 0. The van der Waals surface area contributed by atoms with Crippen LogP contribution in [0.25, 0.3) is 17.1 Å². The zero-order valence-corrected chi connectivity index (χ0v) is 12.0. The molecule has 0 N–H and O–H groups in total. The average Bonchev–Trinajstić information content (AvgIpc) is 2.74. The van der Waals surface area contributed by atoms with E-state index < -0.39 is 5.60 Å². The SMILES string of the molecule is CC(C)(C)OC(=O)N1C=Cn2c(cc3ccccc32)C1. The van der Waals surface area contributed by atoms with Crippen molar-refractivity contribution in [2.75, 3.05) is 0 Å². The van der Waals surface area contributed by atoms with Crippen molar-refractivity contribution in [2.24, 2.45) is 0 Å². The largest absolute Gasteiger partial charge is 0.443 e. The number of carbonyl (C=O) groups excluding carboxylic acids is 1. The number of aromatic nitrogens is 1. The number of nitrogens with zero attached hydrogens (tertiary/aromatic N) is 2. The first kappa shape index (κ1) is 12.8. The van der Waals surface area contributed by atoms with Crippen LogP contribution in [-0.4, -0.2) is 21.2 Å². The number of carbonyl (C=O) groups is 1. The first-order chi connectivity index (χ1) is 9.44. The highest BCUT2D eigenvalue weighted by atomic mass is 16.6. The number of benzene rings is 1. The molecule has 0 fully saturated rings. The molecule has 0 atom stereocenters. The lowest BCUT2D eigenvalue weighted by Gasteiger charge is -2.27. The zero-order chi connectivity index (χ0) is 14.3. The van der Waals surface area contributed by atoms with E-state index in [1.807, 2.05) is 39.1 Å². The number of amides is 1. The first-order valence-corrected chi connectivity index (χ1v) is 6.71. The molecule has 1 amide bonds. The van der Waals surface area contributed by atoms with E-state index in [9.17, 15) is 4.79 Å². The second-order valence-corrected chi connectivity index (χ2v) is 5.97. The lowest BCUT2D eigenvalue weighted by molar-refractivity contribution is 0.0318. The molecule has 1 aromatic heterocycles. The molecular formula is C16H18N2O2. The highest BCUT2D eigenvalue weighted by Gasteiger charge is 2.24. The van der Waals surface area contributed by atoms with Gasteiger partial charge in [-0.2, -0.15) is 0 Å². The topological polar surface area (TPSA) is 34.5 Å². The van der Waals surface area contributed by atoms with Gasteiger partial charge in [0.05, 0.1) is 12.1 Å². The third kappa shape index (κ3) is 2.29. The maximum absolute atomic E-state index is 12.1. The molecule has 0 saturated heterocycles. The fourth-order valence-corrected chi connectivity index (χ4v) is 2.35. The molecule has 4 nitrogen and oxygen atoms in total. The predicted molar refractivity (Wildman–Crippen MR) is 79.0 cm³/mol. The van der Waals surface area contributed by atoms with E-state index in [2.05, 4.69) is 22.8 Å². The van der Waals surface area contributed by atoms with Crippen LogP contribution in [-0.2, 0) is 11.3 Å². The quantitative estimate of drug-likeness (QED) is 0.729. The molecule has 0 aliphatic carbocycles. The Hall–Kier alpha value is -2.23. The Morgan fingerprint density at radius 2 is 1.95 bits per heavy atom. The number of ether oxygens (including phenoxy) is 1. The summed E-state index contributed by atoms with van der Waals surface area (Å²) in [6, 6.07) is 10.3. The summed E-state index contributed by atoms with van der Waals surface area (Å²) in [6.07, 6.45) is 3.36. The monoisotopic (exact) mass is 270 g/mol. The van der Waals surface area contributed by atoms with Gasteiger partial charge in [-0.05, 0) is 32.9 Å². The van der Waals surface area contributed by atoms with Crippen molar-refractivity contribution in [3.05, 3.63) is 42.2 Å². The van der Waals surface area contributed by atoms with Gasteiger partial charge < -0.3 is 9.30 Å². The normalized spacial score (nSPS) is 14.4. The van der Waals surface area contributed by atoms with Crippen LogP contribution in [0.2, 0.25) is 0 Å². The summed E-state index contributed by atoms with van der Waals surface area (Å²) in [5, 5.41) is 1.18. The third-order valence-corrected chi connectivity index (χ3v) is 3.18. The van der Waals surface area contributed by atoms with Crippen molar-refractivity contribution in [1.82, 2.24) is 9.47 Å². The molecule has 0 radical (unpaired) electrons. The molecule has 104 valence electrons. The lowest BCUT2D eigenvalue weighted by Crippen LogP contribution is -2.34. The first-order valence-electron chi connectivity index (χ1n) is 6.71. The Morgan fingerprint density at radius 3 is 2.70 bits per heavy atom. The van der Waals surface area contributed by atoms with E-state index in [1.165, 1.54) is 5.39 Å². The van der Waals surface area contributed by atoms with Gasteiger partial charge in [-0.15, -0.1) is 0 Å². The van der Waals surface area contributed by atoms with Crippen molar-refractivity contribution in [2.45, 2.75) is 32.9 Å². The Balaban J connectivity index is 1.88. The highest BCUT2D eigenvalue weighted by molar-refractivity contribution is 5.84. The molecule has 1 aliphatic rings. The molecule has 20 heavy (non-hydrogen) atoms. The summed E-state index contributed by atoms with van der Waals surface area (Å²) in [5.41, 5.74) is 1.76. The van der Waals surface area contributed by atoms with Gasteiger partial charge in [-0.1, -0.05) is 18.2 Å². The highest BCUT2D eigenvalue weighted by Crippen LogP contribution is 2.25. The molecule has 2 heterocycles. The molecule has 3 rings (SSSR count). The minimum atomic E-state index is -0.477. The summed E-state index contributed by atoms with van der Waals surface area (Å²) in [5.74, 6) is 0. The van der Waals surface area contributed by atoms with Gasteiger partial charge >= 0.3 is 6.09 Å². The molecule has 0 saturated carbocycles. The van der Waals surface area contributed by atoms with Gasteiger partial charge in [0.25, 0.3) is 0 Å². The summed E-state index contributed by atoms with van der Waals surface area (Å²) in [7, 11) is 0. The molecule has 4 heteroatoms. The molecule has 0 bridgehead atoms. The maximum Gasteiger partial charge on any atom is 0.414 e. The average molecular weight is 270 g/mol. The molecule has 0 spiro atoms. The molecule has 2 aromatic rings. The number of hydrogen-bond donors (Lipinski definition) is 0. The fraction of sp³-hybridized carbons (Fsp3) is 0.312.